The second kappa shape index (κ2) is 9.34. The zero-order valence-electron chi connectivity index (χ0n) is 15.3. The Hall–Kier alpha value is -1.40. The van der Waals surface area contributed by atoms with Crippen LogP contribution in [0.5, 0.6) is 0 Å². The highest BCUT2D eigenvalue weighted by Gasteiger charge is 2.27. The first kappa shape index (κ1) is 18.4. The van der Waals surface area contributed by atoms with Gasteiger partial charge in [-0.2, -0.15) is 0 Å². The second-order valence-electron chi connectivity index (χ2n) is 7.52. The first-order valence-corrected chi connectivity index (χ1v) is 9.70. The van der Waals surface area contributed by atoms with E-state index in [2.05, 4.69) is 15.8 Å². The molecule has 6 heteroatoms. The number of hydrogen-bond donors (Lipinski definition) is 2. The quantitative estimate of drug-likeness (QED) is 0.791. The summed E-state index contributed by atoms with van der Waals surface area (Å²) in [5.41, 5.74) is 2.04. The summed E-state index contributed by atoms with van der Waals surface area (Å²) in [4.78, 5) is 12.4. The summed E-state index contributed by atoms with van der Waals surface area (Å²) < 4.78 is 10.4. The summed E-state index contributed by atoms with van der Waals surface area (Å²) >= 11 is 0. The van der Waals surface area contributed by atoms with Crippen LogP contribution in [0.25, 0.3) is 0 Å². The molecule has 1 amide bonds. The molecule has 1 aromatic rings. The molecule has 0 spiro atoms. The first-order chi connectivity index (χ1) is 12.2. The minimum Gasteiger partial charge on any atom is -0.381 e. The molecule has 2 fully saturated rings. The van der Waals surface area contributed by atoms with Crippen molar-refractivity contribution in [2.45, 2.75) is 64.5 Å². The Morgan fingerprint density at radius 1 is 1.24 bits per heavy atom. The van der Waals surface area contributed by atoms with Crippen molar-refractivity contribution in [2.24, 2.45) is 11.8 Å². The first-order valence-electron chi connectivity index (χ1n) is 9.70. The Morgan fingerprint density at radius 2 is 2.04 bits per heavy atom. The minimum absolute atomic E-state index is 0.200. The third kappa shape index (κ3) is 5.54. The molecule has 1 saturated carbocycles. The molecule has 0 aromatic carbocycles. The molecule has 0 unspecified atom stereocenters. The number of rotatable bonds is 7. The predicted molar refractivity (Wildman–Crippen MR) is 95.0 cm³/mol. The van der Waals surface area contributed by atoms with Gasteiger partial charge in [-0.15, -0.1) is 0 Å². The number of aryl methyl sites for hydroxylation is 1. The van der Waals surface area contributed by atoms with Crippen LogP contribution in [0.4, 0.5) is 0 Å². The average Bonchev–Trinajstić information content (AvgIpc) is 3.05. The number of hydrogen-bond acceptors (Lipinski definition) is 5. The molecule has 1 aliphatic carbocycles. The molecule has 0 bridgehead atoms. The van der Waals surface area contributed by atoms with Crippen LogP contribution in [0.3, 0.4) is 0 Å². The van der Waals surface area contributed by atoms with E-state index in [1.165, 1.54) is 12.8 Å². The van der Waals surface area contributed by atoms with Crippen molar-refractivity contribution >= 4 is 5.91 Å². The maximum atomic E-state index is 12.4. The van der Waals surface area contributed by atoms with Gasteiger partial charge >= 0.3 is 0 Å². The monoisotopic (exact) mass is 349 g/mol. The summed E-state index contributed by atoms with van der Waals surface area (Å²) in [7, 11) is 0. The Labute approximate surface area is 150 Å². The molecule has 6 nitrogen and oxygen atoms in total. The normalized spacial score (nSPS) is 25.0. The van der Waals surface area contributed by atoms with Gasteiger partial charge in [0.15, 0.2) is 0 Å². The van der Waals surface area contributed by atoms with Gasteiger partial charge in [-0.3, -0.25) is 4.79 Å². The van der Waals surface area contributed by atoms with E-state index in [1.807, 2.05) is 6.92 Å². The van der Waals surface area contributed by atoms with Gasteiger partial charge in [0.05, 0.1) is 5.69 Å². The number of ether oxygens (including phenoxy) is 1. The Bertz CT molecular complexity index is 540. The van der Waals surface area contributed by atoms with Crippen LogP contribution in [0.1, 0.15) is 56.2 Å². The lowest BCUT2D eigenvalue weighted by Crippen LogP contribution is -2.41. The number of carbonyl (C=O) groups is 1. The molecule has 3 rings (SSSR count). The zero-order valence-corrected chi connectivity index (χ0v) is 15.3. The third-order valence-electron chi connectivity index (χ3n) is 5.69. The number of aromatic nitrogens is 1. The molecule has 140 valence electrons. The molecule has 2 N–H and O–H groups in total. The fraction of sp³-hybridized carbons (Fsp3) is 0.789. The van der Waals surface area contributed by atoms with Crippen LogP contribution in [-0.4, -0.2) is 36.9 Å². The van der Waals surface area contributed by atoms with Crippen molar-refractivity contribution < 1.29 is 14.1 Å². The van der Waals surface area contributed by atoms with Gasteiger partial charge in [-0.05, 0) is 44.4 Å². The summed E-state index contributed by atoms with van der Waals surface area (Å²) in [6, 6.07) is 0.400. The van der Waals surface area contributed by atoms with Gasteiger partial charge < -0.3 is 19.9 Å². The van der Waals surface area contributed by atoms with Crippen molar-refractivity contribution in [2.75, 3.05) is 19.8 Å². The van der Waals surface area contributed by atoms with Crippen molar-refractivity contribution in [1.29, 1.82) is 0 Å². The van der Waals surface area contributed by atoms with Gasteiger partial charge in [0, 0.05) is 44.3 Å². The highest BCUT2D eigenvalue weighted by molar-refractivity contribution is 5.76. The SMILES string of the molecule is Cc1nocc1CN[C@H]1CCCC[C@H]1CC(=O)NCC1CCOCC1. The third-order valence-corrected chi connectivity index (χ3v) is 5.69. The van der Waals surface area contributed by atoms with E-state index in [9.17, 15) is 4.79 Å². The van der Waals surface area contributed by atoms with Crippen LogP contribution in [0.15, 0.2) is 10.8 Å². The van der Waals surface area contributed by atoms with Crippen molar-refractivity contribution in [3.05, 3.63) is 17.5 Å². The summed E-state index contributed by atoms with van der Waals surface area (Å²) in [5, 5.41) is 10.7. The van der Waals surface area contributed by atoms with E-state index in [0.29, 0.717) is 24.3 Å². The highest BCUT2D eigenvalue weighted by atomic mass is 16.5. The lowest BCUT2D eigenvalue weighted by Gasteiger charge is -2.32. The fourth-order valence-corrected chi connectivity index (χ4v) is 3.96. The van der Waals surface area contributed by atoms with E-state index in [1.54, 1.807) is 6.26 Å². The van der Waals surface area contributed by atoms with Gasteiger partial charge in [-0.25, -0.2) is 0 Å². The van der Waals surface area contributed by atoms with Crippen molar-refractivity contribution in [3.63, 3.8) is 0 Å². The lowest BCUT2D eigenvalue weighted by molar-refractivity contribution is -0.122. The lowest BCUT2D eigenvalue weighted by atomic mass is 9.82. The largest absolute Gasteiger partial charge is 0.381 e. The maximum Gasteiger partial charge on any atom is 0.220 e. The molecular weight excluding hydrogens is 318 g/mol. The van der Waals surface area contributed by atoms with E-state index >= 15 is 0 Å². The molecule has 0 radical (unpaired) electrons. The standard InChI is InChI=1S/C19H31N3O3/c1-14-17(13-25-22-14)12-20-18-5-3-2-4-16(18)10-19(23)21-11-15-6-8-24-9-7-15/h13,15-16,18,20H,2-12H2,1H3,(H,21,23)/t16-,18-/m0/s1. The second-order valence-corrected chi connectivity index (χ2v) is 7.52. The Balaban J connectivity index is 1.43. The van der Waals surface area contributed by atoms with E-state index in [0.717, 1.165) is 63.2 Å². The van der Waals surface area contributed by atoms with E-state index < -0.39 is 0 Å². The van der Waals surface area contributed by atoms with Gasteiger partial charge in [0.2, 0.25) is 5.91 Å². The summed E-state index contributed by atoms with van der Waals surface area (Å²) in [5.74, 6) is 1.20. The molecule has 1 aromatic heterocycles. The number of nitrogens with zero attached hydrogens (tertiary/aromatic N) is 1. The van der Waals surface area contributed by atoms with Crippen molar-refractivity contribution in [3.8, 4) is 0 Å². The molecule has 1 aliphatic heterocycles. The van der Waals surface area contributed by atoms with Crippen molar-refractivity contribution in [1.82, 2.24) is 15.8 Å². The van der Waals surface area contributed by atoms with Crippen LogP contribution < -0.4 is 10.6 Å². The average molecular weight is 349 g/mol. The van der Waals surface area contributed by atoms with Crippen LogP contribution in [0.2, 0.25) is 0 Å². The molecule has 2 aliphatic rings. The number of amides is 1. The minimum atomic E-state index is 0.200. The Morgan fingerprint density at radius 3 is 2.80 bits per heavy atom. The van der Waals surface area contributed by atoms with Gasteiger partial charge in [-0.1, -0.05) is 18.0 Å². The van der Waals surface area contributed by atoms with Crippen LogP contribution >= 0.6 is 0 Å². The molecule has 2 heterocycles. The summed E-state index contributed by atoms with van der Waals surface area (Å²) in [6.07, 6.45) is 9.19. The maximum absolute atomic E-state index is 12.4. The Kier molecular flexibility index (Phi) is 6.87. The fourth-order valence-electron chi connectivity index (χ4n) is 3.96. The molecule has 1 saturated heterocycles. The highest BCUT2D eigenvalue weighted by Crippen LogP contribution is 2.27. The smallest absolute Gasteiger partial charge is 0.220 e. The number of nitrogens with one attached hydrogen (secondary N) is 2. The molecule has 25 heavy (non-hydrogen) atoms. The topological polar surface area (TPSA) is 76.4 Å². The molecular formula is C19H31N3O3. The van der Waals surface area contributed by atoms with E-state index in [4.69, 9.17) is 9.26 Å². The van der Waals surface area contributed by atoms with Crippen LogP contribution in [-0.2, 0) is 16.1 Å². The van der Waals surface area contributed by atoms with Gasteiger partial charge in [0.1, 0.15) is 6.26 Å². The predicted octanol–water partition coefficient (Wildman–Crippen LogP) is 2.56. The number of carbonyl (C=O) groups excluding carboxylic acids is 1. The van der Waals surface area contributed by atoms with Gasteiger partial charge in [0.25, 0.3) is 0 Å². The summed E-state index contributed by atoms with van der Waals surface area (Å²) in [6.45, 7) is 5.19. The van der Waals surface area contributed by atoms with E-state index in [-0.39, 0.29) is 5.91 Å². The van der Waals surface area contributed by atoms with Crippen LogP contribution in [0, 0.1) is 18.8 Å². The zero-order chi connectivity index (χ0) is 17.5. The molecule has 2 atom stereocenters.